The highest BCUT2D eigenvalue weighted by atomic mass is 32.1. The Bertz CT molecular complexity index is 604. The van der Waals surface area contributed by atoms with E-state index in [1.54, 1.807) is 22.7 Å². The summed E-state index contributed by atoms with van der Waals surface area (Å²) in [5.74, 6) is 0. The number of hydrogen-bond donors (Lipinski definition) is 0. The fourth-order valence-corrected chi connectivity index (χ4v) is 3.66. The maximum absolute atomic E-state index is 2.22. The fourth-order valence-electron chi connectivity index (χ4n) is 2.05. The summed E-state index contributed by atoms with van der Waals surface area (Å²) in [4.78, 5) is 2.70. The van der Waals surface area contributed by atoms with Crippen LogP contribution in [0.5, 0.6) is 0 Å². The van der Waals surface area contributed by atoms with Gasteiger partial charge in [-0.3, -0.25) is 0 Å². The highest BCUT2D eigenvalue weighted by Gasteiger charge is 2.11. The Morgan fingerprint density at radius 2 is 1.47 bits per heavy atom. The molecule has 2 aromatic heterocycles. The molecule has 0 aliphatic heterocycles. The van der Waals surface area contributed by atoms with E-state index >= 15 is 0 Å². The van der Waals surface area contributed by atoms with E-state index < -0.39 is 0 Å². The Balaban J connectivity index is 2.26. The molecule has 0 unspecified atom stereocenters. The van der Waals surface area contributed by atoms with Crippen molar-refractivity contribution in [3.8, 4) is 20.9 Å². The van der Waals surface area contributed by atoms with Crippen LogP contribution in [0, 0.1) is 6.92 Å². The van der Waals surface area contributed by atoms with E-state index in [-0.39, 0.29) is 0 Å². The van der Waals surface area contributed by atoms with Gasteiger partial charge in [-0.25, -0.2) is 0 Å². The molecular formula is C15H12S2. The predicted molar refractivity (Wildman–Crippen MR) is 77.8 cm³/mol. The average molecular weight is 256 g/mol. The quantitative estimate of drug-likeness (QED) is 0.571. The zero-order valence-electron chi connectivity index (χ0n) is 9.51. The molecule has 0 spiro atoms. The third-order valence-electron chi connectivity index (χ3n) is 2.83. The second-order valence-electron chi connectivity index (χ2n) is 3.95. The highest BCUT2D eigenvalue weighted by Crippen LogP contribution is 2.38. The standard InChI is InChI=1S/C15H12S2/c1-11-5-2-6-12(13-7-3-9-16-13)15(11)14-8-4-10-17-14/h2-10H,1H3. The molecule has 84 valence electrons. The first-order chi connectivity index (χ1) is 8.36. The molecule has 2 heterocycles. The molecule has 0 bridgehead atoms. The molecule has 0 saturated heterocycles. The SMILES string of the molecule is Cc1cccc(-c2cccs2)c1-c1cccs1. The summed E-state index contributed by atoms with van der Waals surface area (Å²) < 4.78 is 0. The van der Waals surface area contributed by atoms with E-state index in [9.17, 15) is 0 Å². The minimum atomic E-state index is 1.34. The summed E-state index contributed by atoms with van der Waals surface area (Å²) in [6.45, 7) is 2.19. The van der Waals surface area contributed by atoms with Gasteiger partial charge in [-0.05, 0) is 35.4 Å². The molecule has 3 rings (SSSR count). The van der Waals surface area contributed by atoms with E-state index in [2.05, 4.69) is 60.1 Å². The van der Waals surface area contributed by atoms with Crippen molar-refractivity contribution in [1.82, 2.24) is 0 Å². The minimum Gasteiger partial charge on any atom is -0.144 e. The van der Waals surface area contributed by atoms with Crippen molar-refractivity contribution in [2.24, 2.45) is 0 Å². The summed E-state index contributed by atoms with van der Waals surface area (Å²) in [6.07, 6.45) is 0. The Hall–Kier alpha value is -1.38. The van der Waals surface area contributed by atoms with E-state index in [0.717, 1.165) is 0 Å². The number of aryl methyl sites for hydroxylation is 1. The van der Waals surface area contributed by atoms with Gasteiger partial charge in [0.1, 0.15) is 0 Å². The number of rotatable bonds is 2. The van der Waals surface area contributed by atoms with Crippen LogP contribution in [0.1, 0.15) is 5.56 Å². The van der Waals surface area contributed by atoms with Crippen LogP contribution >= 0.6 is 22.7 Å². The first-order valence-corrected chi connectivity index (χ1v) is 7.29. The van der Waals surface area contributed by atoms with Gasteiger partial charge in [0.25, 0.3) is 0 Å². The third kappa shape index (κ3) is 1.94. The molecule has 0 N–H and O–H groups in total. The zero-order valence-corrected chi connectivity index (χ0v) is 11.1. The van der Waals surface area contributed by atoms with Gasteiger partial charge >= 0.3 is 0 Å². The topological polar surface area (TPSA) is 0 Å². The second-order valence-corrected chi connectivity index (χ2v) is 5.85. The Morgan fingerprint density at radius 3 is 2.12 bits per heavy atom. The van der Waals surface area contributed by atoms with Crippen LogP contribution in [0.15, 0.2) is 53.2 Å². The molecular weight excluding hydrogens is 244 g/mol. The molecule has 0 atom stereocenters. The minimum absolute atomic E-state index is 1.34. The van der Waals surface area contributed by atoms with Crippen molar-refractivity contribution in [3.63, 3.8) is 0 Å². The molecule has 0 nitrogen and oxygen atoms in total. The molecule has 0 aliphatic carbocycles. The lowest BCUT2D eigenvalue weighted by atomic mass is 9.99. The molecule has 2 heteroatoms. The van der Waals surface area contributed by atoms with Crippen molar-refractivity contribution in [3.05, 3.63) is 58.8 Å². The van der Waals surface area contributed by atoms with Crippen LogP contribution in [-0.4, -0.2) is 0 Å². The second kappa shape index (κ2) is 4.47. The maximum atomic E-state index is 2.22. The van der Waals surface area contributed by atoms with E-state index in [1.807, 2.05) is 0 Å². The van der Waals surface area contributed by atoms with Crippen LogP contribution in [0.4, 0.5) is 0 Å². The third-order valence-corrected chi connectivity index (χ3v) is 4.62. The summed E-state index contributed by atoms with van der Waals surface area (Å²) in [5.41, 5.74) is 4.07. The first kappa shape index (κ1) is 10.8. The molecule has 0 aliphatic rings. The first-order valence-electron chi connectivity index (χ1n) is 5.53. The van der Waals surface area contributed by atoms with Gasteiger partial charge in [0, 0.05) is 20.9 Å². The lowest BCUT2D eigenvalue weighted by molar-refractivity contribution is 1.48. The molecule has 3 aromatic rings. The van der Waals surface area contributed by atoms with Gasteiger partial charge in [-0.2, -0.15) is 0 Å². The van der Waals surface area contributed by atoms with E-state index in [0.29, 0.717) is 0 Å². The number of hydrogen-bond acceptors (Lipinski definition) is 2. The predicted octanol–water partition coefficient (Wildman–Crippen LogP) is 5.45. The van der Waals surface area contributed by atoms with Crippen LogP contribution in [-0.2, 0) is 0 Å². The smallest absolute Gasteiger partial charge is 0.0351 e. The summed E-state index contributed by atoms with van der Waals surface area (Å²) in [7, 11) is 0. The summed E-state index contributed by atoms with van der Waals surface area (Å²) in [5, 5.41) is 4.27. The van der Waals surface area contributed by atoms with Crippen molar-refractivity contribution in [2.45, 2.75) is 6.92 Å². The van der Waals surface area contributed by atoms with Gasteiger partial charge in [-0.15, -0.1) is 22.7 Å². The van der Waals surface area contributed by atoms with Crippen LogP contribution in [0.3, 0.4) is 0 Å². The molecule has 0 saturated carbocycles. The van der Waals surface area contributed by atoms with Crippen LogP contribution in [0.25, 0.3) is 20.9 Å². The zero-order chi connectivity index (χ0) is 11.7. The molecule has 17 heavy (non-hydrogen) atoms. The Kier molecular flexibility index (Phi) is 2.83. The Morgan fingerprint density at radius 1 is 0.765 bits per heavy atom. The Labute approximate surface area is 109 Å². The average Bonchev–Trinajstić information content (AvgIpc) is 3.02. The van der Waals surface area contributed by atoms with Crippen molar-refractivity contribution < 1.29 is 0 Å². The summed E-state index contributed by atoms with van der Waals surface area (Å²) >= 11 is 3.61. The lowest BCUT2D eigenvalue weighted by Crippen LogP contribution is -1.84. The molecule has 1 aromatic carbocycles. The maximum Gasteiger partial charge on any atom is 0.0351 e. The lowest BCUT2D eigenvalue weighted by Gasteiger charge is -2.09. The highest BCUT2D eigenvalue weighted by molar-refractivity contribution is 7.14. The van der Waals surface area contributed by atoms with Gasteiger partial charge in [-0.1, -0.05) is 30.3 Å². The molecule has 0 radical (unpaired) electrons. The van der Waals surface area contributed by atoms with Crippen LogP contribution in [0.2, 0.25) is 0 Å². The van der Waals surface area contributed by atoms with Gasteiger partial charge in [0.15, 0.2) is 0 Å². The largest absolute Gasteiger partial charge is 0.144 e. The van der Waals surface area contributed by atoms with Crippen molar-refractivity contribution in [2.75, 3.05) is 0 Å². The van der Waals surface area contributed by atoms with E-state index in [4.69, 9.17) is 0 Å². The number of thiophene rings is 2. The molecule has 0 fully saturated rings. The van der Waals surface area contributed by atoms with E-state index in [1.165, 1.54) is 26.4 Å². The fraction of sp³-hybridized carbons (Fsp3) is 0.0667. The number of benzene rings is 1. The monoisotopic (exact) mass is 256 g/mol. The van der Waals surface area contributed by atoms with Gasteiger partial charge < -0.3 is 0 Å². The van der Waals surface area contributed by atoms with Gasteiger partial charge in [0.2, 0.25) is 0 Å². The van der Waals surface area contributed by atoms with Gasteiger partial charge in [0.05, 0.1) is 0 Å². The van der Waals surface area contributed by atoms with Crippen LogP contribution < -0.4 is 0 Å². The van der Waals surface area contributed by atoms with Crippen molar-refractivity contribution in [1.29, 1.82) is 0 Å². The normalized spacial score (nSPS) is 10.6. The molecule has 0 amide bonds. The summed E-state index contributed by atoms with van der Waals surface area (Å²) in [6, 6.07) is 15.2. The van der Waals surface area contributed by atoms with Crippen molar-refractivity contribution >= 4 is 22.7 Å².